The first-order chi connectivity index (χ1) is 10.6. The summed E-state index contributed by atoms with van der Waals surface area (Å²) in [5, 5.41) is 2.23. The fraction of sp³-hybridized carbons (Fsp3) is 0.353. The summed E-state index contributed by atoms with van der Waals surface area (Å²) in [5.74, 6) is 0.750. The molecule has 1 fully saturated rings. The molecule has 0 unspecified atom stereocenters. The molecule has 2 N–H and O–H groups in total. The molecule has 1 aliphatic rings. The number of rotatable bonds is 3. The van der Waals surface area contributed by atoms with Crippen molar-refractivity contribution in [2.45, 2.75) is 18.9 Å². The molecule has 0 atom stereocenters. The minimum Gasteiger partial charge on any atom is -0.484 e. The molecule has 1 heterocycles. The molecule has 0 bridgehead atoms. The Labute approximate surface area is 138 Å². The van der Waals surface area contributed by atoms with Crippen LogP contribution in [0.2, 0.25) is 0 Å². The molecule has 22 heavy (non-hydrogen) atoms. The van der Waals surface area contributed by atoms with E-state index in [0.29, 0.717) is 0 Å². The first kappa shape index (κ1) is 15.3. The summed E-state index contributed by atoms with van der Waals surface area (Å²) in [5.41, 5.74) is 5.85. The minimum atomic E-state index is 0.0304. The van der Waals surface area contributed by atoms with E-state index in [-0.39, 0.29) is 18.6 Å². The third-order valence-corrected chi connectivity index (χ3v) is 4.52. The Morgan fingerprint density at radius 1 is 1.18 bits per heavy atom. The predicted octanol–water partition coefficient (Wildman–Crippen LogP) is 2.93. The molecule has 2 aromatic rings. The quantitative estimate of drug-likeness (QED) is 0.912. The SMILES string of the molecule is NC1CCN(C(=O)COc2ccc3cc(Br)ccc3c2)CC1. The Hall–Kier alpha value is -1.59. The highest BCUT2D eigenvalue weighted by Gasteiger charge is 2.20. The molecule has 0 aromatic heterocycles. The van der Waals surface area contributed by atoms with Gasteiger partial charge in [0.05, 0.1) is 0 Å². The normalized spacial score (nSPS) is 16.0. The Morgan fingerprint density at radius 2 is 1.86 bits per heavy atom. The van der Waals surface area contributed by atoms with Crippen molar-refractivity contribution in [3.63, 3.8) is 0 Å². The van der Waals surface area contributed by atoms with Crippen LogP contribution in [0.3, 0.4) is 0 Å². The van der Waals surface area contributed by atoms with E-state index < -0.39 is 0 Å². The number of nitrogens with two attached hydrogens (primary N) is 1. The van der Waals surface area contributed by atoms with E-state index in [9.17, 15) is 4.79 Å². The van der Waals surface area contributed by atoms with E-state index >= 15 is 0 Å². The third-order valence-electron chi connectivity index (χ3n) is 4.03. The maximum atomic E-state index is 12.1. The summed E-state index contributed by atoms with van der Waals surface area (Å²) < 4.78 is 6.70. The first-order valence-corrected chi connectivity index (χ1v) is 8.26. The van der Waals surface area contributed by atoms with Crippen LogP contribution >= 0.6 is 15.9 Å². The van der Waals surface area contributed by atoms with Crippen LogP contribution in [0.4, 0.5) is 0 Å². The largest absolute Gasteiger partial charge is 0.484 e. The van der Waals surface area contributed by atoms with Gasteiger partial charge in [0.1, 0.15) is 5.75 Å². The number of amides is 1. The van der Waals surface area contributed by atoms with Crippen molar-refractivity contribution in [1.82, 2.24) is 4.90 Å². The Kier molecular flexibility index (Phi) is 4.64. The van der Waals surface area contributed by atoms with Crippen molar-refractivity contribution in [1.29, 1.82) is 0 Å². The molecule has 0 aliphatic carbocycles. The standard InChI is InChI=1S/C17H19BrN2O2/c18-14-3-1-13-10-16(4-2-12(13)9-14)22-11-17(21)20-7-5-15(19)6-8-20/h1-4,9-10,15H,5-8,11,19H2. The highest BCUT2D eigenvalue weighted by Crippen LogP contribution is 2.24. The van der Waals surface area contributed by atoms with Gasteiger partial charge in [0.25, 0.3) is 5.91 Å². The minimum absolute atomic E-state index is 0.0304. The van der Waals surface area contributed by atoms with E-state index in [1.807, 2.05) is 35.2 Å². The van der Waals surface area contributed by atoms with Gasteiger partial charge < -0.3 is 15.4 Å². The molecular formula is C17H19BrN2O2. The lowest BCUT2D eigenvalue weighted by Gasteiger charge is -2.30. The summed E-state index contributed by atoms with van der Waals surface area (Å²) in [6.07, 6.45) is 1.74. The van der Waals surface area contributed by atoms with Crippen molar-refractivity contribution in [2.24, 2.45) is 5.73 Å². The van der Waals surface area contributed by atoms with Crippen LogP contribution < -0.4 is 10.5 Å². The average Bonchev–Trinajstić information content (AvgIpc) is 2.53. The molecule has 116 valence electrons. The van der Waals surface area contributed by atoms with Gasteiger partial charge in [-0.15, -0.1) is 0 Å². The van der Waals surface area contributed by atoms with E-state index in [4.69, 9.17) is 10.5 Å². The summed E-state index contributed by atoms with van der Waals surface area (Å²) in [6, 6.07) is 12.2. The number of nitrogens with zero attached hydrogens (tertiary/aromatic N) is 1. The molecule has 1 aliphatic heterocycles. The summed E-state index contributed by atoms with van der Waals surface area (Å²) in [4.78, 5) is 14.0. The van der Waals surface area contributed by atoms with Gasteiger partial charge in [0.15, 0.2) is 6.61 Å². The van der Waals surface area contributed by atoms with Gasteiger partial charge in [0.2, 0.25) is 0 Å². The van der Waals surface area contributed by atoms with Crippen LogP contribution in [-0.2, 0) is 4.79 Å². The van der Waals surface area contributed by atoms with Crippen molar-refractivity contribution in [3.05, 3.63) is 40.9 Å². The third kappa shape index (κ3) is 3.59. The van der Waals surface area contributed by atoms with Crippen molar-refractivity contribution >= 4 is 32.6 Å². The van der Waals surface area contributed by atoms with Gasteiger partial charge in [0, 0.05) is 23.6 Å². The number of carbonyl (C=O) groups excluding carboxylic acids is 1. The molecule has 1 amide bonds. The van der Waals surface area contributed by atoms with Gasteiger partial charge in [-0.25, -0.2) is 0 Å². The van der Waals surface area contributed by atoms with E-state index in [2.05, 4.69) is 22.0 Å². The van der Waals surface area contributed by atoms with Gasteiger partial charge in [-0.1, -0.05) is 28.1 Å². The maximum absolute atomic E-state index is 12.1. The summed E-state index contributed by atoms with van der Waals surface area (Å²) in [6.45, 7) is 1.54. The van der Waals surface area contributed by atoms with Crippen LogP contribution in [0.5, 0.6) is 5.75 Å². The number of likely N-dealkylation sites (tertiary alicyclic amines) is 1. The number of hydrogen-bond acceptors (Lipinski definition) is 3. The average molecular weight is 363 g/mol. The molecule has 2 aromatic carbocycles. The molecule has 4 nitrogen and oxygen atoms in total. The highest BCUT2D eigenvalue weighted by molar-refractivity contribution is 9.10. The number of ether oxygens (including phenoxy) is 1. The summed E-state index contributed by atoms with van der Waals surface area (Å²) in [7, 11) is 0. The highest BCUT2D eigenvalue weighted by atomic mass is 79.9. The zero-order valence-corrected chi connectivity index (χ0v) is 13.9. The van der Waals surface area contributed by atoms with Gasteiger partial charge in [-0.05, 0) is 47.9 Å². The van der Waals surface area contributed by atoms with Gasteiger partial charge in [-0.3, -0.25) is 4.79 Å². The molecule has 0 spiro atoms. The molecule has 0 radical (unpaired) electrons. The predicted molar refractivity (Wildman–Crippen MR) is 90.9 cm³/mol. The maximum Gasteiger partial charge on any atom is 0.260 e. The second-order valence-corrected chi connectivity index (χ2v) is 6.58. The Morgan fingerprint density at radius 3 is 2.64 bits per heavy atom. The van der Waals surface area contributed by atoms with E-state index in [0.717, 1.165) is 46.9 Å². The van der Waals surface area contributed by atoms with E-state index in [1.165, 1.54) is 0 Å². The Balaban J connectivity index is 1.61. The lowest BCUT2D eigenvalue weighted by molar-refractivity contribution is -0.134. The molecular weight excluding hydrogens is 344 g/mol. The van der Waals surface area contributed by atoms with Gasteiger partial charge >= 0.3 is 0 Å². The monoisotopic (exact) mass is 362 g/mol. The van der Waals surface area contributed by atoms with Crippen molar-refractivity contribution < 1.29 is 9.53 Å². The number of benzene rings is 2. The number of hydrogen-bond donors (Lipinski definition) is 1. The number of piperidine rings is 1. The smallest absolute Gasteiger partial charge is 0.260 e. The zero-order chi connectivity index (χ0) is 15.5. The lowest BCUT2D eigenvalue weighted by Crippen LogP contribution is -2.44. The van der Waals surface area contributed by atoms with Crippen molar-refractivity contribution in [3.8, 4) is 5.75 Å². The van der Waals surface area contributed by atoms with E-state index in [1.54, 1.807) is 0 Å². The second-order valence-electron chi connectivity index (χ2n) is 5.66. The molecule has 5 heteroatoms. The molecule has 1 saturated heterocycles. The van der Waals surface area contributed by atoms with Gasteiger partial charge in [-0.2, -0.15) is 0 Å². The van der Waals surface area contributed by atoms with Crippen LogP contribution in [0.25, 0.3) is 10.8 Å². The van der Waals surface area contributed by atoms with Crippen LogP contribution in [0, 0.1) is 0 Å². The molecule has 3 rings (SSSR count). The molecule has 0 saturated carbocycles. The number of fused-ring (bicyclic) bond motifs is 1. The fourth-order valence-corrected chi connectivity index (χ4v) is 3.05. The number of halogens is 1. The van der Waals surface area contributed by atoms with Crippen LogP contribution in [-0.4, -0.2) is 36.5 Å². The van der Waals surface area contributed by atoms with Crippen LogP contribution in [0.15, 0.2) is 40.9 Å². The second kappa shape index (κ2) is 6.67. The number of carbonyl (C=O) groups is 1. The first-order valence-electron chi connectivity index (χ1n) is 7.47. The summed E-state index contributed by atoms with van der Waals surface area (Å²) >= 11 is 3.46. The van der Waals surface area contributed by atoms with Crippen molar-refractivity contribution in [2.75, 3.05) is 19.7 Å². The zero-order valence-electron chi connectivity index (χ0n) is 12.3. The topological polar surface area (TPSA) is 55.6 Å². The fourth-order valence-electron chi connectivity index (χ4n) is 2.67. The van der Waals surface area contributed by atoms with Crippen LogP contribution in [0.1, 0.15) is 12.8 Å². The lowest BCUT2D eigenvalue weighted by atomic mass is 10.1. The Bertz CT molecular complexity index is 681.